The van der Waals surface area contributed by atoms with E-state index < -0.39 is 91.5 Å². The van der Waals surface area contributed by atoms with Crippen LogP contribution >= 0.6 is 0 Å². The Morgan fingerprint density at radius 1 is 0.816 bits per heavy atom. The third-order valence-corrected chi connectivity index (χ3v) is 9.69. The van der Waals surface area contributed by atoms with Gasteiger partial charge in [-0.3, -0.25) is 9.59 Å². The van der Waals surface area contributed by atoms with Crippen LogP contribution in [0.5, 0.6) is 0 Å². The molecule has 15 atom stereocenters. The first-order chi connectivity index (χ1) is 23.5. The average molecular weight is 689 g/mol. The maximum absolute atomic E-state index is 12.2. The molecule has 4 aliphatic heterocycles. The van der Waals surface area contributed by atoms with Gasteiger partial charge < -0.3 is 42.6 Å². The zero-order chi connectivity index (χ0) is 35.2. The second-order valence-corrected chi connectivity index (χ2v) is 12.9. The van der Waals surface area contributed by atoms with Crippen LogP contribution in [-0.2, 0) is 58.8 Å². The van der Waals surface area contributed by atoms with Gasteiger partial charge in [-0.05, 0) is 35.4 Å². The number of carbonyl (C=O) groups excluding carboxylic acids is 2. The maximum atomic E-state index is 12.2. The zero-order valence-electron chi connectivity index (χ0n) is 28.3. The molecular weight excluding hydrogens is 644 g/mol. The first-order valence-electron chi connectivity index (χ1n) is 16.5. The van der Waals surface area contributed by atoms with Crippen molar-refractivity contribution in [1.29, 1.82) is 0 Å². The molecule has 0 radical (unpaired) electrons. The first kappa shape index (κ1) is 36.8. The molecule has 4 heterocycles. The van der Waals surface area contributed by atoms with Crippen LogP contribution in [0.1, 0.15) is 47.1 Å². The standard InChI is InChI=1S/C32H44N6O11/c1-15-16(2)24(35-37-33)31(46-22(15)13-41-19(5)39)48-26-17(3)27(42-12-21-10-8-7-9-11-21)32(44-18(26)4)49-28-23-14-43-30(47-23)25(36-38-34)29(28)45-20(6)40/h7-11,15-18,22-32H,12-14H2,1-6H3/t15-,16-,17-,18?,22?,23+,24?,25-,26-,27?,28+,29?,30?,31+,32-/m0/s1. The molecule has 0 saturated carbocycles. The summed E-state index contributed by atoms with van der Waals surface area (Å²) in [4.78, 5) is 29.7. The van der Waals surface area contributed by atoms with Gasteiger partial charge in [-0.2, -0.15) is 0 Å². The van der Waals surface area contributed by atoms with E-state index >= 15 is 0 Å². The Bertz CT molecular complexity index is 1390. The molecule has 0 aromatic heterocycles. The molecule has 4 saturated heterocycles. The number of benzene rings is 1. The van der Waals surface area contributed by atoms with Crippen LogP contribution in [0.25, 0.3) is 20.9 Å². The molecular formula is C32H44N6O11. The number of rotatable bonds is 12. The van der Waals surface area contributed by atoms with Crippen molar-refractivity contribution < 1.29 is 52.2 Å². The number of azide groups is 2. The lowest BCUT2D eigenvalue weighted by atomic mass is 9.82. The van der Waals surface area contributed by atoms with Crippen LogP contribution in [0.15, 0.2) is 40.6 Å². The van der Waals surface area contributed by atoms with Gasteiger partial charge in [-0.1, -0.05) is 61.3 Å². The van der Waals surface area contributed by atoms with Crippen molar-refractivity contribution in [3.8, 4) is 0 Å². The third kappa shape index (κ3) is 8.46. The molecule has 0 N–H and O–H groups in total. The van der Waals surface area contributed by atoms with Crippen molar-refractivity contribution in [2.24, 2.45) is 28.0 Å². The quantitative estimate of drug-likeness (QED) is 0.130. The summed E-state index contributed by atoms with van der Waals surface area (Å²) in [6, 6.07) is 7.90. The van der Waals surface area contributed by atoms with E-state index in [4.69, 9.17) is 42.6 Å². The van der Waals surface area contributed by atoms with Gasteiger partial charge in [-0.25, -0.2) is 0 Å². The topological polar surface area (TPSA) is 215 Å². The van der Waals surface area contributed by atoms with Gasteiger partial charge in [-0.15, -0.1) is 0 Å². The maximum Gasteiger partial charge on any atom is 0.303 e. The fourth-order valence-corrected chi connectivity index (χ4v) is 6.90. The second kappa shape index (κ2) is 16.5. The number of nitrogens with zero attached hydrogens (tertiary/aromatic N) is 6. The van der Waals surface area contributed by atoms with E-state index in [1.807, 2.05) is 58.0 Å². The van der Waals surface area contributed by atoms with Crippen molar-refractivity contribution in [3.05, 3.63) is 56.8 Å². The molecule has 17 heteroatoms. The summed E-state index contributed by atoms with van der Waals surface area (Å²) in [5.41, 5.74) is 19.6. The smallest absolute Gasteiger partial charge is 0.303 e. The molecule has 6 unspecified atom stereocenters. The summed E-state index contributed by atoms with van der Waals surface area (Å²) >= 11 is 0. The van der Waals surface area contributed by atoms with Gasteiger partial charge in [0.05, 0.1) is 37.6 Å². The van der Waals surface area contributed by atoms with Crippen molar-refractivity contribution in [1.82, 2.24) is 0 Å². The van der Waals surface area contributed by atoms with E-state index in [-0.39, 0.29) is 31.7 Å². The van der Waals surface area contributed by atoms with E-state index in [9.17, 15) is 20.7 Å². The predicted octanol–water partition coefficient (Wildman–Crippen LogP) is 4.33. The number of hydrogen-bond donors (Lipinski definition) is 0. The van der Waals surface area contributed by atoms with Crippen molar-refractivity contribution in [2.75, 3.05) is 13.2 Å². The Balaban J connectivity index is 1.41. The fraction of sp³-hybridized carbons (Fsp3) is 0.750. The minimum atomic E-state index is -1.02. The minimum Gasteiger partial charge on any atom is -0.463 e. The highest BCUT2D eigenvalue weighted by molar-refractivity contribution is 5.66. The molecule has 4 fully saturated rings. The minimum absolute atomic E-state index is 0.0181. The lowest BCUT2D eigenvalue weighted by molar-refractivity contribution is -0.348. The van der Waals surface area contributed by atoms with Crippen LogP contribution in [-0.4, -0.2) is 98.8 Å². The van der Waals surface area contributed by atoms with Gasteiger partial charge >= 0.3 is 11.9 Å². The summed E-state index contributed by atoms with van der Waals surface area (Å²) in [5.74, 6) is -1.70. The lowest BCUT2D eigenvalue weighted by Gasteiger charge is -2.49. The summed E-state index contributed by atoms with van der Waals surface area (Å²) in [6.07, 6.45) is -7.97. The van der Waals surface area contributed by atoms with Crippen LogP contribution in [0, 0.1) is 17.8 Å². The van der Waals surface area contributed by atoms with Gasteiger partial charge in [0.2, 0.25) is 0 Å². The lowest BCUT2D eigenvalue weighted by Crippen LogP contribution is -2.62. The van der Waals surface area contributed by atoms with Crippen LogP contribution in [0.4, 0.5) is 0 Å². The first-order valence-corrected chi connectivity index (χ1v) is 16.5. The van der Waals surface area contributed by atoms with E-state index in [1.54, 1.807) is 0 Å². The molecule has 0 aliphatic carbocycles. The summed E-state index contributed by atoms with van der Waals surface area (Å²) in [5, 5.41) is 7.84. The molecule has 1 aromatic rings. The van der Waals surface area contributed by atoms with Gasteiger partial charge in [0.1, 0.15) is 37.1 Å². The molecule has 0 amide bonds. The molecule has 4 aliphatic rings. The van der Waals surface area contributed by atoms with Crippen molar-refractivity contribution in [3.63, 3.8) is 0 Å². The van der Waals surface area contributed by atoms with Crippen LogP contribution in [0.3, 0.4) is 0 Å². The number of hydrogen-bond acceptors (Lipinski definition) is 13. The SMILES string of the molecule is CC(=O)OCC1O[C@H](O[C@@H]2C(C)O[C@@H](O[C@H]3C(OC(C)=O)[C@H](N=[N+]=[N-])C4OC[C@H]3O4)C(OCc3ccccc3)[C@H]2C)C(N=[N+]=[N-])[C@@H](C)[C@@H]1C. The van der Waals surface area contributed by atoms with Gasteiger partial charge in [0.25, 0.3) is 0 Å². The number of esters is 2. The third-order valence-electron chi connectivity index (χ3n) is 9.69. The molecule has 5 rings (SSSR count). The number of fused-ring (bicyclic) bond motifs is 2. The summed E-state index contributed by atoms with van der Waals surface area (Å²) in [6.45, 7) is 10.6. The molecule has 2 bridgehead atoms. The van der Waals surface area contributed by atoms with E-state index in [0.717, 1.165) is 5.56 Å². The number of ether oxygens (including phenoxy) is 9. The van der Waals surface area contributed by atoms with Crippen molar-refractivity contribution in [2.45, 2.75) is 122 Å². The monoisotopic (exact) mass is 688 g/mol. The Kier molecular flexibility index (Phi) is 12.4. The Morgan fingerprint density at radius 3 is 2.18 bits per heavy atom. The van der Waals surface area contributed by atoms with Crippen LogP contribution in [0.2, 0.25) is 0 Å². The normalized spacial score (nSPS) is 40.0. The van der Waals surface area contributed by atoms with E-state index in [2.05, 4.69) is 20.1 Å². The second-order valence-electron chi connectivity index (χ2n) is 12.9. The highest BCUT2D eigenvalue weighted by Gasteiger charge is 2.56. The highest BCUT2D eigenvalue weighted by atomic mass is 16.8. The summed E-state index contributed by atoms with van der Waals surface area (Å²) in [7, 11) is 0. The molecule has 17 nitrogen and oxygen atoms in total. The van der Waals surface area contributed by atoms with Crippen molar-refractivity contribution >= 4 is 11.9 Å². The average Bonchev–Trinajstić information content (AvgIpc) is 3.51. The van der Waals surface area contributed by atoms with E-state index in [1.165, 1.54) is 13.8 Å². The molecule has 1 aromatic carbocycles. The number of carbonyl (C=O) groups is 2. The van der Waals surface area contributed by atoms with Crippen LogP contribution < -0.4 is 0 Å². The Labute approximate surface area is 284 Å². The largest absolute Gasteiger partial charge is 0.463 e. The molecule has 0 spiro atoms. The Morgan fingerprint density at radius 2 is 1.51 bits per heavy atom. The van der Waals surface area contributed by atoms with E-state index in [0.29, 0.717) is 0 Å². The molecule has 268 valence electrons. The van der Waals surface area contributed by atoms with Gasteiger partial charge in [0, 0.05) is 29.6 Å². The fourth-order valence-electron chi connectivity index (χ4n) is 6.90. The van der Waals surface area contributed by atoms with Gasteiger partial charge in [0.15, 0.2) is 18.9 Å². The predicted molar refractivity (Wildman–Crippen MR) is 168 cm³/mol. The molecule has 49 heavy (non-hydrogen) atoms. The summed E-state index contributed by atoms with van der Waals surface area (Å²) < 4.78 is 55.0. The zero-order valence-corrected chi connectivity index (χ0v) is 28.3. The highest BCUT2D eigenvalue weighted by Crippen LogP contribution is 2.40. The Hall–Kier alpha value is -3.50.